The standard InChI is InChI=1S/C18H16ClF3N4O3/c19-11-3-7(18(20,21)22)6-25-15(11)24-1-2-26-16(28)12-8-4-9(13(12)17(26)29)14(27)10(8)5-23/h3,6,8-10,12-14,27H,1-2,4H2,(H,24,25)/t8-,9+,10-,12-,13+,14+/m1/s1. The van der Waals surface area contributed by atoms with Crippen molar-refractivity contribution in [2.45, 2.75) is 18.7 Å². The lowest BCUT2D eigenvalue weighted by Crippen LogP contribution is -2.39. The molecule has 6 atom stereocenters. The molecular formula is C18H16ClF3N4O3. The number of anilines is 1. The molecule has 1 saturated heterocycles. The molecule has 4 rings (SSSR count). The Labute approximate surface area is 168 Å². The minimum Gasteiger partial charge on any atom is -0.391 e. The first-order valence-corrected chi connectivity index (χ1v) is 9.42. The van der Waals surface area contributed by atoms with Gasteiger partial charge in [0.25, 0.3) is 0 Å². The zero-order valence-corrected chi connectivity index (χ0v) is 15.6. The number of aliphatic hydroxyl groups excluding tert-OH is 1. The zero-order valence-electron chi connectivity index (χ0n) is 14.9. The number of amides is 2. The molecule has 11 heteroatoms. The van der Waals surface area contributed by atoms with Crippen molar-refractivity contribution >= 4 is 29.2 Å². The molecule has 0 unspecified atom stereocenters. The van der Waals surface area contributed by atoms with Crippen LogP contribution < -0.4 is 5.32 Å². The van der Waals surface area contributed by atoms with Gasteiger partial charge in [0.1, 0.15) is 5.82 Å². The highest BCUT2D eigenvalue weighted by molar-refractivity contribution is 6.33. The maximum absolute atomic E-state index is 12.7. The van der Waals surface area contributed by atoms with Crippen molar-refractivity contribution in [3.05, 3.63) is 22.8 Å². The van der Waals surface area contributed by atoms with Gasteiger partial charge >= 0.3 is 6.18 Å². The number of hydrogen-bond donors (Lipinski definition) is 2. The van der Waals surface area contributed by atoms with Gasteiger partial charge in [0, 0.05) is 19.3 Å². The molecule has 1 aliphatic heterocycles. The summed E-state index contributed by atoms with van der Waals surface area (Å²) < 4.78 is 38.0. The Bertz CT molecular complexity index is 919. The fourth-order valence-electron chi connectivity index (χ4n) is 4.93. The molecule has 3 aliphatic rings. The molecule has 154 valence electrons. The van der Waals surface area contributed by atoms with Crippen LogP contribution in [0.3, 0.4) is 0 Å². The molecule has 2 aliphatic carbocycles. The highest BCUT2D eigenvalue weighted by Crippen LogP contribution is 2.58. The van der Waals surface area contributed by atoms with E-state index in [1.807, 2.05) is 6.07 Å². The number of nitrogens with zero attached hydrogens (tertiary/aromatic N) is 3. The number of aliphatic hydroxyl groups is 1. The zero-order chi connectivity index (χ0) is 21.1. The van der Waals surface area contributed by atoms with Gasteiger partial charge in [-0.15, -0.1) is 0 Å². The summed E-state index contributed by atoms with van der Waals surface area (Å²) in [7, 11) is 0. The summed E-state index contributed by atoms with van der Waals surface area (Å²) in [5.41, 5.74) is -0.980. The molecule has 29 heavy (non-hydrogen) atoms. The van der Waals surface area contributed by atoms with Gasteiger partial charge in [-0.1, -0.05) is 11.6 Å². The number of rotatable bonds is 4. The monoisotopic (exact) mass is 428 g/mol. The van der Waals surface area contributed by atoms with Crippen LogP contribution in [0.15, 0.2) is 12.3 Å². The number of alkyl halides is 3. The first-order valence-electron chi connectivity index (χ1n) is 9.04. The van der Waals surface area contributed by atoms with Crippen LogP contribution in [0.5, 0.6) is 0 Å². The van der Waals surface area contributed by atoms with Crippen LogP contribution in [0.1, 0.15) is 12.0 Å². The summed E-state index contributed by atoms with van der Waals surface area (Å²) in [5, 5.41) is 22.0. The number of halogens is 4. The average Bonchev–Trinajstić information content (AvgIpc) is 3.26. The van der Waals surface area contributed by atoms with Crippen LogP contribution >= 0.6 is 11.6 Å². The molecule has 0 aromatic carbocycles. The number of carbonyl (C=O) groups is 2. The molecule has 2 amide bonds. The molecule has 1 aromatic heterocycles. The van der Waals surface area contributed by atoms with Gasteiger partial charge in [-0.25, -0.2) is 4.98 Å². The Balaban J connectivity index is 1.41. The van der Waals surface area contributed by atoms with E-state index >= 15 is 0 Å². The van der Waals surface area contributed by atoms with Gasteiger partial charge in [-0.3, -0.25) is 14.5 Å². The normalized spacial score (nSPS) is 33.2. The van der Waals surface area contributed by atoms with Crippen molar-refractivity contribution in [2.75, 3.05) is 18.4 Å². The lowest BCUT2D eigenvalue weighted by atomic mass is 9.74. The number of likely N-dealkylation sites (tertiary alicyclic amines) is 1. The fraction of sp³-hybridized carbons (Fsp3) is 0.556. The number of fused-ring (bicyclic) bond motifs is 5. The number of nitriles is 1. The first-order chi connectivity index (χ1) is 13.6. The van der Waals surface area contributed by atoms with E-state index in [0.717, 1.165) is 11.0 Å². The van der Waals surface area contributed by atoms with E-state index in [4.69, 9.17) is 11.6 Å². The van der Waals surface area contributed by atoms with E-state index in [1.165, 1.54) is 0 Å². The molecular weight excluding hydrogens is 413 g/mol. The van der Waals surface area contributed by atoms with Crippen molar-refractivity contribution in [1.29, 1.82) is 5.26 Å². The van der Waals surface area contributed by atoms with Crippen molar-refractivity contribution in [1.82, 2.24) is 9.88 Å². The molecule has 0 spiro atoms. The summed E-state index contributed by atoms with van der Waals surface area (Å²) in [4.78, 5) is 30.2. The maximum Gasteiger partial charge on any atom is 0.417 e. The number of carbonyl (C=O) groups excluding carboxylic acids is 2. The van der Waals surface area contributed by atoms with E-state index in [1.54, 1.807) is 0 Å². The van der Waals surface area contributed by atoms with Gasteiger partial charge in [-0.2, -0.15) is 18.4 Å². The van der Waals surface area contributed by atoms with Crippen molar-refractivity contribution < 1.29 is 27.9 Å². The predicted molar refractivity (Wildman–Crippen MR) is 93.1 cm³/mol. The summed E-state index contributed by atoms with van der Waals surface area (Å²) in [6.45, 7) is 0.0328. The second kappa shape index (κ2) is 6.85. The van der Waals surface area contributed by atoms with Gasteiger partial charge in [-0.05, 0) is 24.3 Å². The van der Waals surface area contributed by atoms with Crippen molar-refractivity contribution in [2.24, 2.45) is 29.6 Å². The average molecular weight is 429 g/mol. The van der Waals surface area contributed by atoms with E-state index < -0.39 is 41.5 Å². The van der Waals surface area contributed by atoms with Crippen LogP contribution in [0.2, 0.25) is 5.02 Å². The van der Waals surface area contributed by atoms with Crippen LogP contribution in [0.25, 0.3) is 0 Å². The third-order valence-electron chi connectivity index (χ3n) is 6.17. The number of pyridine rings is 1. The van der Waals surface area contributed by atoms with E-state index in [9.17, 15) is 33.1 Å². The van der Waals surface area contributed by atoms with E-state index in [0.29, 0.717) is 12.6 Å². The second-order valence-electron chi connectivity index (χ2n) is 7.57. The topological polar surface area (TPSA) is 106 Å². The summed E-state index contributed by atoms with van der Waals surface area (Å²) >= 11 is 5.83. The lowest BCUT2D eigenvalue weighted by Gasteiger charge is -2.28. The third kappa shape index (κ3) is 3.04. The van der Waals surface area contributed by atoms with Gasteiger partial charge < -0.3 is 10.4 Å². The quantitative estimate of drug-likeness (QED) is 0.710. The largest absolute Gasteiger partial charge is 0.417 e. The summed E-state index contributed by atoms with van der Waals surface area (Å²) in [6, 6.07) is 2.79. The SMILES string of the molecule is N#C[C@H]1[C@@H](O)[C@H]2C[C@H]1[C@H]1C(=O)N(CCNc3ncc(C(F)(F)F)cc3Cl)C(=O)[C@@H]21. The highest BCUT2D eigenvalue weighted by atomic mass is 35.5. The van der Waals surface area contributed by atoms with Crippen molar-refractivity contribution in [3.63, 3.8) is 0 Å². The number of imide groups is 1. The van der Waals surface area contributed by atoms with Crippen molar-refractivity contribution in [3.8, 4) is 6.07 Å². The molecule has 7 nitrogen and oxygen atoms in total. The Morgan fingerprint density at radius 2 is 1.97 bits per heavy atom. The Kier molecular flexibility index (Phi) is 4.70. The first kappa shape index (κ1) is 19.9. The number of hydrogen-bond acceptors (Lipinski definition) is 6. The molecule has 1 aromatic rings. The highest BCUT2D eigenvalue weighted by Gasteiger charge is 2.67. The number of aromatic nitrogens is 1. The third-order valence-corrected chi connectivity index (χ3v) is 6.46. The molecule has 2 N–H and O–H groups in total. The molecule has 0 radical (unpaired) electrons. The van der Waals surface area contributed by atoms with Crippen LogP contribution in [0, 0.1) is 40.9 Å². The predicted octanol–water partition coefficient (Wildman–Crippen LogP) is 1.92. The Hall–Kier alpha value is -2.38. The van der Waals surface area contributed by atoms with Crippen LogP contribution in [-0.2, 0) is 15.8 Å². The summed E-state index contributed by atoms with van der Waals surface area (Å²) in [6.07, 6.45) is -4.34. The smallest absolute Gasteiger partial charge is 0.391 e. The second-order valence-corrected chi connectivity index (χ2v) is 7.97. The minimum absolute atomic E-state index is 0.0130. The van der Waals surface area contributed by atoms with E-state index in [2.05, 4.69) is 10.3 Å². The Morgan fingerprint density at radius 3 is 2.55 bits per heavy atom. The lowest BCUT2D eigenvalue weighted by molar-refractivity contribution is -0.141. The fourth-order valence-corrected chi connectivity index (χ4v) is 5.16. The summed E-state index contributed by atoms with van der Waals surface area (Å²) in [5.74, 6) is -3.30. The van der Waals surface area contributed by atoms with Gasteiger partial charge in [0.2, 0.25) is 11.8 Å². The van der Waals surface area contributed by atoms with Gasteiger partial charge in [0.05, 0.1) is 40.5 Å². The number of nitrogens with one attached hydrogen (secondary N) is 1. The molecule has 2 heterocycles. The maximum atomic E-state index is 12.7. The van der Waals surface area contributed by atoms with Crippen LogP contribution in [-0.4, -0.2) is 46.0 Å². The molecule has 3 fully saturated rings. The Morgan fingerprint density at radius 1 is 1.31 bits per heavy atom. The minimum atomic E-state index is -4.56. The molecule has 2 saturated carbocycles. The van der Waals surface area contributed by atoms with Gasteiger partial charge in [0.15, 0.2) is 0 Å². The molecule has 2 bridgehead atoms. The van der Waals surface area contributed by atoms with Crippen LogP contribution in [0.4, 0.5) is 19.0 Å². The van der Waals surface area contributed by atoms with E-state index in [-0.39, 0.29) is 41.7 Å².